The van der Waals surface area contributed by atoms with Crippen molar-refractivity contribution in [1.29, 1.82) is 0 Å². The van der Waals surface area contributed by atoms with Gasteiger partial charge < -0.3 is 4.74 Å². The van der Waals surface area contributed by atoms with Crippen molar-refractivity contribution in [2.45, 2.75) is 51.0 Å². The summed E-state index contributed by atoms with van der Waals surface area (Å²) in [6.45, 7) is 0. The lowest BCUT2D eigenvalue weighted by Gasteiger charge is -2.20. The molecule has 0 aromatic heterocycles. The maximum absolute atomic E-state index is 11.7. The van der Waals surface area contributed by atoms with Crippen LogP contribution in [0.1, 0.15) is 44.9 Å². The second-order valence-electron chi connectivity index (χ2n) is 4.86. The fraction of sp³-hybridized carbons (Fsp3) is 0.533. The van der Waals surface area contributed by atoms with E-state index < -0.39 is 0 Å². The molecule has 1 aliphatic carbocycles. The summed E-state index contributed by atoms with van der Waals surface area (Å²) in [5.74, 6) is 0. The number of ether oxygens (including phenoxy) is 1. The van der Waals surface area contributed by atoms with E-state index >= 15 is 0 Å². The first kappa shape index (κ1) is 12.9. The highest BCUT2D eigenvalue weighted by Gasteiger charge is 2.15. The molecule has 98 valence electrons. The maximum atomic E-state index is 11.7. The zero-order valence-electron chi connectivity index (χ0n) is 10.7. The number of carbonyl (C=O) groups is 1. The number of rotatable bonds is 2. The van der Waals surface area contributed by atoms with E-state index in [1.165, 1.54) is 32.1 Å². The molecule has 2 rings (SSSR count). The van der Waals surface area contributed by atoms with Crippen molar-refractivity contribution in [2.75, 3.05) is 5.32 Å². The molecule has 1 amide bonds. The van der Waals surface area contributed by atoms with Gasteiger partial charge in [-0.1, -0.05) is 37.5 Å². The van der Waals surface area contributed by atoms with Crippen molar-refractivity contribution in [3.05, 3.63) is 30.3 Å². The smallest absolute Gasteiger partial charge is 0.411 e. The van der Waals surface area contributed by atoms with Gasteiger partial charge in [0.15, 0.2) is 0 Å². The molecule has 0 heterocycles. The first-order valence-electron chi connectivity index (χ1n) is 6.87. The van der Waals surface area contributed by atoms with E-state index in [-0.39, 0.29) is 12.2 Å². The van der Waals surface area contributed by atoms with Gasteiger partial charge in [0.1, 0.15) is 6.10 Å². The number of benzene rings is 1. The predicted octanol–water partition coefficient (Wildman–Crippen LogP) is 4.35. The van der Waals surface area contributed by atoms with Crippen LogP contribution in [0.15, 0.2) is 30.3 Å². The van der Waals surface area contributed by atoms with Gasteiger partial charge in [-0.05, 0) is 37.8 Å². The van der Waals surface area contributed by atoms with Crippen LogP contribution in [0.2, 0.25) is 0 Å². The van der Waals surface area contributed by atoms with E-state index in [9.17, 15) is 4.79 Å². The van der Waals surface area contributed by atoms with E-state index in [0.29, 0.717) is 0 Å². The highest BCUT2D eigenvalue weighted by atomic mass is 16.6. The van der Waals surface area contributed by atoms with Crippen LogP contribution in [0.25, 0.3) is 0 Å². The monoisotopic (exact) mass is 247 g/mol. The van der Waals surface area contributed by atoms with Crippen molar-refractivity contribution in [2.24, 2.45) is 0 Å². The lowest BCUT2D eigenvalue weighted by atomic mass is 9.99. The number of carbonyl (C=O) groups excluding carboxylic acids is 1. The zero-order chi connectivity index (χ0) is 12.6. The van der Waals surface area contributed by atoms with Crippen molar-refractivity contribution in [3.63, 3.8) is 0 Å². The Bertz CT molecular complexity index is 356. The normalized spacial score (nSPS) is 17.6. The molecule has 1 saturated carbocycles. The molecule has 1 fully saturated rings. The third-order valence-corrected chi connectivity index (χ3v) is 3.35. The van der Waals surface area contributed by atoms with Gasteiger partial charge in [0, 0.05) is 5.69 Å². The Morgan fingerprint density at radius 1 is 1.00 bits per heavy atom. The molecule has 1 aliphatic rings. The summed E-state index contributed by atoms with van der Waals surface area (Å²) < 4.78 is 5.48. The lowest BCUT2D eigenvalue weighted by Crippen LogP contribution is -2.23. The van der Waals surface area contributed by atoms with E-state index in [1.807, 2.05) is 30.3 Å². The SMILES string of the molecule is O=C(Nc1ccccc1)OC1CCCCCCC1. The number of anilines is 1. The van der Waals surface area contributed by atoms with Gasteiger partial charge in [-0.25, -0.2) is 4.79 Å². The second-order valence-corrected chi connectivity index (χ2v) is 4.86. The summed E-state index contributed by atoms with van der Waals surface area (Å²) in [6.07, 6.45) is 7.96. The molecule has 1 aromatic carbocycles. The molecule has 0 unspecified atom stereocenters. The molecule has 0 bridgehead atoms. The molecular weight excluding hydrogens is 226 g/mol. The Balaban J connectivity index is 1.79. The average molecular weight is 247 g/mol. The highest BCUT2D eigenvalue weighted by Crippen LogP contribution is 2.20. The topological polar surface area (TPSA) is 38.3 Å². The molecule has 0 radical (unpaired) electrons. The van der Waals surface area contributed by atoms with Crippen molar-refractivity contribution in [3.8, 4) is 0 Å². The largest absolute Gasteiger partial charge is 0.446 e. The van der Waals surface area contributed by atoms with Crippen LogP contribution < -0.4 is 5.32 Å². The van der Waals surface area contributed by atoms with Gasteiger partial charge in [-0.2, -0.15) is 0 Å². The number of para-hydroxylation sites is 1. The number of nitrogens with one attached hydrogen (secondary N) is 1. The van der Waals surface area contributed by atoms with E-state index in [1.54, 1.807) is 0 Å². The molecule has 0 aliphatic heterocycles. The van der Waals surface area contributed by atoms with Crippen molar-refractivity contribution >= 4 is 11.8 Å². The first-order valence-corrected chi connectivity index (χ1v) is 6.87. The van der Waals surface area contributed by atoms with Crippen LogP contribution >= 0.6 is 0 Å². The van der Waals surface area contributed by atoms with Gasteiger partial charge >= 0.3 is 6.09 Å². The fourth-order valence-electron chi connectivity index (χ4n) is 2.36. The summed E-state index contributed by atoms with van der Waals surface area (Å²) in [5, 5.41) is 2.76. The van der Waals surface area contributed by atoms with Crippen LogP contribution in [0, 0.1) is 0 Å². The predicted molar refractivity (Wildman–Crippen MR) is 72.7 cm³/mol. The molecule has 3 nitrogen and oxygen atoms in total. The average Bonchev–Trinajstić information content (AvgIpc) is 2.34. The zero-order valence-corrected chi connectivity index (χ0v) is 10.7. The molecule has 18 heavy (non-hydrogen) atoms. The number of hydrogen-bond donors (Lipinski definition) is 1. The Morgan fingerprint density at radius 3 is 2.28 bits per heavy atom. The third kappa shape index (κ3) is 4.40. The summed E-state index contributed by atoms with van der Waals surface area (Å²) in [6, 6.07) is 9.43. The third-order valence-electron chi connectivity index (χ3n) is 3.35. The minimum absolute atomic E-state index is 0.0917. The van der Waals surface area contributed by atoms with Gasteiger partial charge in [0.05, 0.1) is 0 Å². The highest BCUT2D eigenvalue weighted by molar-refractivity contribution is 5.84. The van der Waals surface area contributed by atoms with Crippen LogP contribution in [0.4, 0.5) is 10.5 Å². The Morgan fingerprint density at radius 2 is 1.61 bits per heavy atom. The van der Waals surface area contributed by atoms with Crippen molar-refractivity contribution < 1.29 is 9.53 Å². The molecular formula is C15H21NO2. The van der Waals surface area contributed by atoms with E-state index in [0.717, 1.165) is 18.5 Å². The molecule has 1 aromatic rings. The fourth-order valence-corrected chi connectivity index (χ4v) is 2.36. The van der Waals surface area contributed by atoms with Crippen LogP contribution in [-0.2, 0) is 4.74 Å². The van der Waals surface area contributed by atoms with Crippen molar-refractivity contribution in [1.82, 2.24) is 0 Å². The Kier molecular flexibility index (Phi) is 5.06. The summed E-state index contributed by atoms with van der Waals surface area (Å²) >= 11 is 0. The van der Waals surface area contributed by atoms with E-state index in [4.69, 9.17) is 4.74 Å². The maximum Gasteiger partial charge on any atom is 0.411 e. The summed E-state index contributed by atoms with van der Waals surface area (Å²) in [7, 11) is 0. The quantitative estimate of drug-likeness (QED) is 0.843. The number of amides is 1. The standard InChI is InChI=1S/C15H21NO2/c17-15(16-13-9-5-4-6-10-13)18-14-11-7-2-1-3-8-12-14/h4-6,9-10,14H,1-3,7-8,11-12H2,(H,16,17). The van der Waals surface area contributed by atoms with Crippen LogP contribution in [0.5, 0.6) is 0 Å². The van der Waals surface area contributed by atoms with Crippen LogP contribution in [-0.4, -0.2) is 12.2 Å². The van der Waals surface area contributed by atoms with Gasteiger partial charge in [-0.15, -0.1) is 0 Å². The molecule has 0 atom stereocenters. The van der Waals surface area contributed by atoms with Crippen LogP contribution in [0.3, 0.4) is 0 Å². The van der Waals surface area contributed by atoms with Gasteiger partial charge in [0.25, 0.3) is 0 Å². The molecule has 1 N–H and O–H groups in total. The van der Waals surface area contributed by atoms with Gasteiger partial charge in [-0.3, -0.25) is 5.32 Å². The first-order chi connectivity index (χ1) is 8.84. The summed E-state index contributed by atoms with van der Waals surface area (Å²) in [4.78, 5) is 11.7. The van der Waals surface area contributed by atoms with Gasteiger partial charge in [0.2, 0.25) is 0 Å². The molecule has 3 heteroatoms. The van der Waals surface area contributed by atoms with E-state index in [2.05, 4.69) is 5.32 Å². The summed E-state index contributed by atoms with van der Waals surface area (Å²) in [5.41, 5.74) is 0.786. The second kappa shape index (κ2) is 7.04. The minimum Gasteiger partial charge on any atom is -0.446 e. The molecule has 0 saturated heterocycles. The lowest BCUT2D eigenvalue weighted by molar-refractivity contribution is 0.0933. The Labute approximate surface area is 109 Å². The number of hydrogen-bond acceptors (Lipinski definition) is 2. The Hall–Kier alpha value is -1.51. The molecule has 0 spiro atoms. The minimum atomic E-state index is -0.327.